The fraction of sp³-hybridized carbons (Fsp3) is 0.900. The van der Waals surface area contributed by atoms with Crippen LogP contribution in [-0.4, -0.2) is 45.4 Å². The Morgan fingerprint density at radius 1 is 1.29 bits per heavy atom. The van der Waals surface area contributed by atoms with Gasteiger partial charge in [-0.2, -0.15) is 0 Å². The van der Waals surface area contributed by atoms with Gasteiger partial charge in [-0.3, -0.25) is 4.79 Å². The first kappa shape index (κ1) is 13.4. The number of carbonyl (C=O) groups excluding carboxylic acids is 1. The Morgan fingerprint density at radius 2 is 1.79 bits per heavy atom. The van der Waals surface area contributed by atoms with Crippen LogP contribution in [0.5, 0.6) is 0 Å². The molecule has 4 heteroatoms. The van der Waals surface area contributed by atoms with E-state index in [-0.39, 0.29) is 0 Å². The van der Waals surface area contributed by atoms with Gasteiger partial charge in [0.25, 0.3) is 0 Å². The number of piperidine rings is 1. The summed E-state index contributed by atoms with van der Waals surface area (Å²) < 4.78 is 8.94. The lowest BCUT2D eigenvalue weighted by Gasteiger charge is -2.26. The van der Waals surface area contributed by atoms with Gasteiger partial charge in [0.15, 0.2) is 0 Å². The third-order valence-corrected chi connectivity index (χ3v) is 2.20. The number of methoxy groups -OCH3 is 2. The third-order valence-electron chi connectivity index (χ3n) is 2.20. The maximum absolute atomic E-state index is 10.2. The van der Waals surface area contributed by atoms with Gasteiger partial charge in [-0.05, 0) is 18.8 Å². The van der Waals surface area contributed by atoms with E-state index in [4.69, 9.17) is 0 Å². The monoisotopic (exact) mass is 203 g/mol. The van der Waals surface area contributed by atoms with Crippen molar-refractivity contribution in [2.24, 2.45) is 5.92 Å². The molecule has 1 amide bonds. The second kappa shape index (κ2) is 8.97. The summed E-state index contributed by atoms with van der Waals surface area (Å²) in [6, 6.07) is 0. The van der Waals surface area contributed by atoms with Gasteiger partial charge in [0.05, 0.1) is 0 Å². The topological polar surface area (TPSA) is 38.8 Å². The van der Waals surface area contributed by atoms with Gasteiger partial charge < -0.3 is 14.4 Å². The number of amides is 1. The molecule has 0 aromatic carbocycles. The van der Waals surface area contributed by atoms with E-state index >= 15 is 0 Å². The molecule has 0 aliphatic carbocycles. The van der Waals surface area contributed by atoms with Crippen molar-refractivity contribution >= 4 is 6.41 Å². The summed E-state index contributed by atoms with van der Waals surface area (Å²) in [4.78, 5) is 12.0. The summed E-state index contributed by atoms with van der Waals surface area (Å²) in [7, 11) is 3.17. The fourth-order valence-electron chi connectivity index (χ4n) is 1.25. The van der Waals surface area contributed by atoms with Crippen LogP contribution in [0.3, 0.4) is 0 Å². The van der Waals surface area contributed by atoms with Crippen LogP contribution in [0.1, 0.15) is 19.8 Å². The van der Waals surface area contributed by atoms with Gasteiger partial charge in [0.2, 0.25) is 6.41 Å². The van der Waals surface area contributed by atoms with E-state index in [1.54, 1.807) is 14.2 Å². The molecule has 0 saturated carbocycles. The minimum atomic E-state index is 0.389. The molecule has 0 unspecified atom stereocenters. The summed E-state index contributed by atoms with van der Waals surface area (Å²) >= 11 is 0. The first-order chi connectivity index (χ1) is 6.74. The molecular formula is C10H21NO3. The van der Waals surface area contributed by atoms with Crippen LogP contribution in [0.25, 0.3) is 0 Å². The minimum absolute atomic E-state index is 0.389. The van der Waals surface area contributed by atoms with Gasteiger partial charge >= 0.3 is 0 Å². The van der Waals surface area contributed by atoms with Gasteiger partial charge in [-0.15, -0.1) is 0 Å². The smallest absolute Gasteiger partial charge is 0.209 e. The molecule has 1 heterocycles. The Morgan fingerprint density at radius 3 is 2.07 bits per heavy atom. The van der Waals surface area contributed by atoms with Crippen LogP contribution in [0.15, 0.2) is 0 Å². The van der Waals surface area contributed by atoms with Gasteiger partial charge in [0, 0.05) is 27.3 Å². The molecule has 0 aromatic rings. The van der Waals surface area contributed by atoms with Crippen LogP contribution in [0, 0.1) is 5.92 Å². The zero-order chi connectivity index (χ0) is 10.8. The molecule has 0 spiro atoms. The highest BCUT2D eigenvalue weighted by Gasteiger charge is 2.12. The highest BCUT2D eigenvalue weighted by molar-refractivity contribution is 5.46. The SMILES string of the molecule is CC1CCN(C=O)CC1.COCOC. The number of hydrogen-bond acceptors (Lipinski definition) is 3. The van der Waals surface area contributed by atoms with E-state index in [2.05, 4.69) is 16.4 Å². The Balaban J connectivity index is 0.000000292. The first-order valence-corrected chi connectivity index (χ1v) is 4.91. The molecule has 1 aliphatic heterocycles. The van der Waals surface area contributed by atoms with Gasteiger partial charge in [-0.25, -0.2) is 0 Å². The molecule has 0 aromatic heterocycles. The van der Waals surface area contributed by atoms with E-state index < -0.39 is 0 Å². The molecule has 1 aliphatic rings. The average Bonchev–Trinajstić information content (AvgIpc) is 2.21. The van der Waals surface area contributed by atoms with Gasteiger partial charge in [0.1, 0.15) is 6.79 Å². The zero-order valence-corrected chi connectivity index (χ0v) is 9.36. The highest BCUT2D eigenvalue weighted by atomic mass is 16.6. The Hall–Kier alpha value is -0.610. The molecule has 0 radical (unpaired) electrons. The van der Waals surface area contributed by atoms with Crippen molar-refractivity contribution in [1.29, 1.82) is 0 Å². The van der Waals surface area contributed by atoms with Crippen molar-refractivity contribution in [2.75, 3.05) is 34.1 Å². The molecule has 0 N–H and O–H groups in total. The largest absolute Gasteiger partial charge is 0.359 e. The quantitative estimate of drug-likeness (QED) is 0.509. The summed E-state index contributed by atoms with van der Waals surface area (Å²) in [5, 5.41) is 0. The van der Waals surface area contributed by atoms with E-state index in [0.717, 1.165) is 25.4 Å². The Bertz CT molecular complexity index is 131. The van der Waals surface area contributed by atoms with Gasteiger partial charge in [-0.1, -0.05) is 6.92 Å². The standard InChI is InChI=1S/C7H13NO.C3H8O2/c1-7-2-4-8(6-9)5-3-7;1-4-3-5-2/h6-7H,2-5H2,1H3;3H2,1-2H3. The molecular weight excluding hydrogens is 182 g/mol. The van der Waals surface area contributed by atoms with Crippen molar-refractivity contribution in [3.63, 3.8) is 0 Å². The summed E-state index contributed by atoms with van der Waals surface area (Å²) in [6.07, 6.45) is 3.31. The first-order valence-electron chi connectivity index (χ1n) is 4.91. The Labute approximate surface area is 86.2 Å². The van der Waals surface area contributed by atoms with Crippen LogP contribution >= 0.6 is 0 Å². The maximum Gasteiger partial charge on any atom is 0.209 e. The third kappa shape index (κ3) is 6.86. The van der Waals surface area contributed by atoms with E-state index in [0.29, 0.717) is 6.79 Å². The van der Waals surface area contributed by atoms with Crippen molar-refractivity contribution in [3.8, 4) is 0 Å². The average molecular weight is 203 g/mol. The molecule has 14 heavy (non-hydrogen) atoms. The van der Waals surface area contributed by atoms with E-state index in [9.17, 15) is 4.79 Å². The van der Waals surface area contributed by atoms with Crippen molar-refractivity contribution in [1.82, 2.24) is 4.90 Å². The number of carbonyl (C=O) groups is 1. The molecule has 84 valence electrons. The predicted octanol–water partition coefficient (Wildman–Crippen LogP) is 1.11. The van der Waals surface area contributed by atoms with Crippen LogP contribution in [0.4, 0.5) is 0 Å². The van der Waals surface area contributed by atoms with E-state index in [1.165, 1.54) is 12.8 Å². The highest BCUT2D eigenvalue weighted by Crippen LogP contribution is 2.13. The van der Waals surface area contributed by atoms with Crippen LogP contribution < -0.4 is 0 Å². The molecule has 0 atom stereocenters. The summed E-state index contributed by atoms with van der Waals surface area (Å²) in [6.45, 7) is 4.55. The lowest BCUT2D eigenvalue weighted by molar-refractivity contribution is -0.119. The zero-order valence-electron chi connectivity index (χ0n) is 9.36. The molecule has 0 bridgehead atoms. The molecule has 1 rings (SSSR count). The fourth-order valence-corrected chi connectivity index (χ4v) is 1.25. The van der Waals surface area contributed by atoms with Crippen molar-refractivity contribution in [2.45, 2.75) is 19.8 Å². The normalized spacial score (nSPS) is 17.2. The summed E-state index contributed by atoms with van der Waals surface area (Å²) in [5.74, 6) is 0.821. The second-order valence-electron chi connectivity index (χ2n) is 3.52. The van der Waals surface area contributed by atoms with Crippen LogP contribution in [0.2, 0.25) is 0 Å². The minimum Gasteiger partial charge on any atom is -0.359 e. The summed E-state index contributed by atoms with van der Waals surface area (Å²) in [5.41, 5.74) is 0. The lowest BCUT2D eigenvalue weighted by Crippen LogP contribution is -2.31. The number of ether oxygens (including phenoxy) is 2. The Kier molecular flexibility index (Phi) is 8.57. The van der Waals surface area contributed by atoms with Crippen LogP contribution in [-0.2, 0) is 14.3 Å². The number of hydrogen-bond donors (Lipinski definition) is 0. The molecule has 1 saturated heterocycles. The number of nitrogens with zero attached hydrogens (tertiary/aromatic N) is 1. The van der Waals surface area contributed by atoms with E-state index in [1.807, 2.05) is 4.90 Å². The van der Waals surface area contributed by atoms with Crippen molar-refractivity contribution < 1.29 is 14.3 Å². The lowest BCUT2D eigenvalue weighted by atomic mass is 10.00. The molecule has 4 nitrogen and oxygen atoms in total. The molecule has 1 fully saturated rings. The maximum atomic E-state index is 10.2. The van der Waals surface area contributed by atoms with Crippen molar-refractivity contribution in [3.05, 3.63) is 0 Å². The number of likely N-dealkylation sites (tertiary alicyclic amines) is 1. The predicted molar refractivity (Wildman–Crippen MR) is 54.9 cm³/mol. The second-order valence-corrected chi connectivity index (χ2v) is 3.52. The number of rotatable bonds is 3.